The van der Waals surface area contributed by atoms with Crippen LogP contribution in [0.3, 0.4) is 0 Å². The molecule has 1 rings (SSSR count). The maximum Gasteiger partial charge on any atom is 0.317 e. The number of nitrogens with zero attached hydrogens (tertiary/aromatic N) is 1. The first kappa shape index (κ1) is 16.8. The van der Waals surface area contributed by atoms with E-state index in [9.17, 15) is 9.59 Å². The van der Waals surface area contributed by atoms with Crippen molar-refractivity contribution in [2.45, 2.75) is 71.4 Å². The second-order valence-corrected chi connectivity index (χ2v) is 7.06. The van der Waals surface area contributed by atoms with Crippen molar-refractivity contribution in [3.63, 3.8) is 0 Å². The van der Waals surface area contributed by atoms with Gasteiger partial charge in [0.15, 0.2) is 0 Å². The van der Waals surface area contributed by atoms with Crippen molar-refractivity contribution in [1.29, 1.82) is 0 Å². The molecular weight excluding hydrogens is 256 g/mol. The van der Waals surface area contributed by atoms with Crippen molar-refractivity contribution in [3.05, 3.63) is 0 Å². The molecule has 20 heavy (non-hydrogen) atoms. The largest absolute Gasteiger partial charge is 0.481 e. The van der Waals surface area contributed by atoms with Gasteiger partial charge in [-0.05, 0) is 24.7 Å². The molecule has 0 aromatic rings. The minimum Gasteiger partial charge on any atom is -0.481 e. The van der Waals surface area contributed by atoms with Crippen LogP contribution in [-0.2, 0) is 4.79 Å². The van der Waals surface area contributed by atoms with Crippen molar-refractivity contribution in [1.82, 2.24) is 10.2 Å². The van der Waals surface area contributed by atoms with Crippen molar-refractivity contribution in [2.75, 3.05) is 7.05 Å². The van der Waals surface area contributed by atoms with Gasteiger partial charge in [-0.2, -0.15) is 0 Å². The molecule has 0 heterocycles. The van der Waals surface area contributed by atoms with Gasteiger partial charge in [-0.15, -0.1) is 0 Å². The zero-order chi connectivity index (χ0) is 15.3. The van der Waals surface area contributed by atoms with Crippen molar-refractivity contribution < 1.29 is 14.7 Å². The second kappa shape index (κ2) is 6.95. The number of hydrogen-bond donors (Lipinski definition) is 2. The van der Waals surface area contributed by atoms with Crippen LogP contribution < -0.4 is 5.32 Å². The predicted molar refractivity (Wildman–Crippen MR) is 78.7 cm³/mol. The summed E-state index contributed by atoms with van der Waals surface area (Å²) in [5.74, 6) is -0.872. The number of urea groups is 1. The number of carboxylic acids is 1. The summed E-state index contributed by atoms with van der Waals surface area (Å²) in [6.45, 7) is 6.15. The summed E-state index contributed by atoms with van der Waals surface area (Å²) in [7, 11) is 1.81. The lowest BCUT2D eigenvalue weighted by Gasteiger charge is -2.30. The Balaban J connectivity index is 2.58. The normalized spacial score (nSPS) is 17.8. The molecule has 2 N–H and O–H groups in total. The number of rotatable bonds is 5. The SMILES string of the molecule is CN(C(=O)NC(CC(=O)O)CC(C)(C)C)C1CCCC1. The lowest BCUT2D eigenvalue weighted by atomic mass is 9.87. The van der Waals surface area contributed by atoms with Gasteiger partial charge >= 0.3 is 12.0 Å². The summed E-state index contributed by atoms with van der Waals surface area (Å²) in [6.07, 6.45) is 5.07. The minimum absolute atomic E-state index is 0.0146. The van der Waals surface area contributed by atoms with Crippen LogP contribution in [0.5, 0.6) is 0 Å². The number of hydrogen-bond acceptors (Lipinski definition) is 2. The first-order valence-electron chi connectivity index (χ1n) is 7.44. The topological polar surface area (TPSA) is 69.6 Å². The van der Waals surface area contributed by atoms with Crippen LogP contribution in [0.25, 0.3) is 0 Å². The fraction of sp³-hybridized carbons (Fsp3) is 0.867. The first-order chi connectivity index (χ1) is 9.19. The molecule has 1 atom stereocenters. The summed E-state index contributed by atoms with van der Waals surface area (Å²) in [5.41, 5.74) is -0.0146. The third-order valence-corrected chi connectivity index (χ3v) is 3.80. The van der Waals surface area contributed by atoms with E-state index in [2.05, 4.69) is 26.1 Å². The van der Waals surface area contributed by atoms with Gasteiger partial charge in [0.05, 0.1) is 6.42 Å². The molecule has 0 aromatic carbocycles. The van der Waals surface area contributed by atoms with E-state index >= 15 is 0 Å². The Bertz CT molecular complexity index is 344. The van der Waals surface area contributed by atoms with E-state index in [4.69, 9.17) is 5.11 Å². The molecular formula is C15H28N2O3. The predicted octanol–water partition coefficient (Wildman–Crippen LogP) is 2.85. The molecule has 0 aliphatic heterocycles. The van der Waals surface area contributed by atoms with E-state index in [0.29, 0.717) is 12.5 Å². The number of carbonyl (C=O) groups excluding carboxylic acids is 1. The standard InChI is InChI=1S/C15H28N2O3/c1-15(2,3)10-11(9-13(18)19)16-14(20)17(4)12-7-5-6-8-12/h11-12H,5-10H2,1-4H3,(H,16,20)(H,18,19). The fourth-order valence-electron chi connectivity index (χ4n) is 2.86. The average Bonchev–Trinajstić information content (AvgIpc) is 2.77. The van der Waals surface area contributed by atoms with Gasteiger partial charge in [-0.1, -0.05) is 33.6 Å². The van der Waals surface area contributed by atoms with Crippen LogP contribution in [0.4, 0.5) is 4.79 Å². The highest BCUT2D eigenvalue weighted by molar-refractivity contribution is 5.76. The molecule has 1 fully saturated rings. The number of nitrogens with one attached hydrogen (secondary N) is 1. The Morgan fingerprint density at radius 1 is 1.30 bits per heavy atom. The summed E-state index contributed by atoms with van der Waals surface area (Å²) in [4.78, 5) is 24.9. The van der Waals surface area contributed by atoms with Crippen LogP contribution in [0.15, 0.2) is 0 Å². The molecule has 5 heteroatoms. The van der Waals surface area contributed by atoms with E-state index in [0.717, 1.165) is 12.8 Å². The van der Waals surface area contributed by atoms with Crippen molar-refractivity contribution in [3.8, 4) is 0 Å². The summed E-state index contributed by atoms with van der Waals surface area (Å²) >= 11 is 0. The maximum absolute atomic E-state index is 12.2. The highest BCUT2D eigenvalue weighted by Crippen LogP contribution is 2.24. The Kier molecular flexibility index (Phi) is 5.84. The zero-order valence-electron chi connectivity index (χ0n) is 13.1. The number of carbonyl (C=O) groups is 2. The molecule has 1 saturated carbocycles. The van der Waals surface area contributed by atoms with Crippen LogP contribution >= 0.6 is 0 Å². The van der Waals surface area contributed by atoms with Gasteiger partial charge in [0.25, 0.3) is 0 Å². The van der Waals surface area contributed by atoms with E-state index in [1.54, 1.807) is 11.9 Å². The number of carboxylic acid groups (broad SMARTS) is 1. The van der Waals surface area contributed by atoms with Gasteiger partial charge < -0.3 is 15.3 Å². The van der Waals surface area contributed by atoms with Gasteiger partial charge in [0, 0.05) is 19.1 Å². The van der Waals surface area contributed by atoms with Crippen LogP contribution in [-0.4, -0.2) is 41.1 Å². The Hall–Kier alpha value is -1.26. The van der Waals surface area contributed by atoms with Gasteiger partial charge in [-0.3, -0.25) is 4.79 Å². The van der Waals surface area contributed by atoms with E-state index in [-0.39, 0.29) is 23.9 Å². The molecule has 0 spiro atoms. The molecule has 5 nitrogen and oxygen atoms in total. The van der Waals surface area contributed by atoms with Crippen LogP contribution in [0, 0.1) is 5.41 Å². The smallest absolute Gasteiger partial charge is 0.317 e. The number of amides is 2. The fourth-order valence-corrected chi connectivity index (χ4v) is 2.86. The average molecular weight is 284 g/mol. The lowest BCUT2D eigenvalue weighted by molar-refractivity contribution is -0.137. The molecule has 1 unspecified atom stereocenters. The van der Waals surface area contributed by atoms with Crippen LogP contribution in [0.1, 0.15) is 59.3 Å². The third kappa shape index (κ3) is 5.80. The van der Waals surface area contributed by atoms with Crippen molar-refractivity contribution >= 4 is 12.0 Å². The zero-order valence-corrected chi connectivity index (χ0v) is 13.1. The number of aliphatic carboxylic acids is 1. The Labute approximate surface area is 121 Å². The third-order valence-electron chi connectivity index (χ3n) is 3.80. The maximum atomic E-state index is 12.2. The molecule has 116 valence electrons. The molecule has 0 aromatic heterocycles. The van der Waals surface area contributed by atoms with Gasteiger partial charge in [-0.25, -0.2) is 4.79 Å². The molecule has 0 bridgehead atoms. The van der Waals surface area contributed by atoms with Crippen LogP contribution in [0.2, 0.25) is 0 Å². The monoisotopic (exact) mass is 284 g/mol. The van der Waals surface area contributed by atoms with Crippen molar-refractivity contribution in [2.24, 2.45) is 5.41 Å². The highest BCUT2D eigenvalue weighted by atomic mass is 16.4. The summed E-state index contributed by atoms with van der Waals surface area (Å²) in [6, 6.07) is -0.161. The molecule has 2 amide bonds. The Morgan fingerprint density at radius 2 is 1.85 bits per heavy atom. The molecule has 1 aliphatic carbocycles. The van der Waals surface area contributed by atoms with Gasteiger partial charge in [0.1, 0.15) is 0 Å². The first-order valence-corrected chi connectivity index (χ1v) is 7.44. The highest BCUT2D eigenvalue weighted by Gasteiger charge is 2.27. The minimum atomic E-state index is -0.872. The van der Waals surface area contributed by atoms with E-state index < -0.39 is 5.97 Å². The molecule has 0 saturated heterocycles. The Morgan fingerprint density at radius 3 is 2.30 bits per heavy atom. The second-order valence-electron chi connectivity index (χ2n) is 7.06. The molecule has 0 radical (unpaired) electrons. The van der Waals surface area contributed by atoms with Gasteiger partial charge in [0.2, 0.25) is 0 Å². The van der Waals surface area contributed by atoms with E-state index in [1.807, 2.05) is 0 Å². The quantitative estimate of drug-likeness (QED) is 0.815. The van der Waals surface area contributed by atoms with E-state index in [1.165, 1.54) is 12.8 Å². The molecule has 1 aliphatic rings. The summed E-state index contributed by atoms with van der Waals surface area (Å²) < 4.78 is 0. The summed E-state index contributed by atoms with van der Waals surface area (Å²) in [5, 5.41) is 11.9. The lowest BCUT2D eigenvalue weighted by Crippen LogP contribution is -2.48.